The van der Waals surface area contributed by atoms with Crippen molar-refractivity contribution in [2.45, 2.75) is 39.2 Å². The fraction of sp³-hybridized carbons (Fsp3) is 0.562. The Morgan fingerprint density at radius 3 is 2.86 bits per heavy atom. The standard InChI is InChI=1S/C16H22N4O2/c1-4-22-16(21)15-14(18-11-19(2)3)12(10-17)13-8-6-5-7-9-20(13)15/h11H,4-9H2,1-3H3/b18-11+. The molecule has 0 amide bonds. The SMILES string of the molecule is CCOC(=O)c1c(/N=C/N(C)C)c(C#N)c2n1CCCCC2. The number of aromatic nitrogens is 1. The highest BCUT2D eigenvalue weighted by molar-refractivity contribution is 5.96. The van der Waals surface area contributed by atoms with E-state index in [1.165, 1.54) is 0 Å². The summed E-state index contributed by atoms with van der Waals surface area (Å²) in [5.74, 6) is -0.405. The fourth-order valence-electron chi connectivity index (χ4n) is 2.72. The van der Waals surface area contributed by atoms with Crippen LogP contribution in [0.2, 0.25) is 0 Å². The van der Waals surface area contributed by atoms with Crippen LogP contribution in [-0.2, 0) is 17.7 Å². The lowest BCUT2D eigenvalue weighted by molar-refractivity contribution is 0.0514. The van der Waals surface area contributed by atoms with Gasteiger partial charge in [0.2, 0.25) is 0 Å². The van der Waals surface area contributed by atoms with Crippen LogP contribution in [0.3, 0.4) is 0 Å². The number of carbonyl (C=O) groups excluding carboxylic acids is 1. The summed E-state index contributed by atoms with van der Waals surface area (Å²) in [6.07, 6.45) is 5.53. The molecule has 2 rings (SSSR count). The summed E-state index contributed by atoms with van der Waals surface area (Å²) < 4.78 is 7.12. The van der Waals surface area contributed by atoms with Crippen LogP contribution in [0, 0.1) is 11.3 Å². The summed E-state index contributed by atoms with van der Waals surface area (Å²) in [6.45, 7) is 2.81. The Bertz CT molecular complexity index is 623. The molecule has 0 aromatic carbocycles. The topological polar surface area (TPSA) is 70.6 Å². The Hall–Kier alpha value is -2.29. The molecule has 0 radical (unpaired) electrons. The van der Waals surface area contributed by atoms with Gasteiger partial charge in [-0.05, 0) is 26.2 Å². The van der Waals surface area contributed by atoms with Gasteiger partial charge in [-0.15, -0.1) is 0 Å². The van der Waals surface area contributed by atoms with Gasteiger partial charge in [0.15, 0.2) is 5.69 Å². The third kappa shape index (κ3) is 3.14. The number of nitriles is 1. The fourth-order valence-corrected chi connectivity index (χ4v) is 2.72. The molecular weight excluding hydrogens is 280 g/mol. The molecule has 0 atom stereocenters. The number of hydrogen-bond donors (Lipinski definition) is 0. The van der Waals surface area contributed by atoms with Gasteiger partial charge in [0.05, 0.1) is 18.5 Å². The molecule has 1 aliphatic heterocycles. The zero-order valence-corrected chi connectivity index (χ0v) is 13.4. The zero-order valence-electron chi connectivity index (χ0n) is 13.4. The summed E-state index contributed by atoms with van der Waals surface area (Å²) in [5.41, 5.74) is 2.26. The van der Waals surface area contributed by atoms with Crippen molar-refractivity contribution < 1.29 is 9.53 Å². The number of rotatable bonds is 4. The lowest BCUT2D eigenvalue weighted by atomic mass is 10.1. The number of carbonyl (C=O) groups is 1. The van der Waals surface area contributed by atoms with Gasteiger partial charge in [0, 0.05) is 26.3 Å². The van der Waals surface area contributed by atoms with Crippen LogP contribution >= 0.6 is 0 Å². The number of aliphatic imine (C=N–C) groups is 1. The third-order valence-corrected chi connectivity index (χ3v) is 3.64. The summed E-state index contributed by atoms with van der Waals surface area (Å²) in [5, 5.41) is 9.55. The highest BCUT2D eigenvalue weighted by Gasteiger charge is 2.28. The second-order valence-electron chi connectivity index (χ2n) is 5.52. The van der Waals surface area contributed by atoms with Crippen molar-refractivity contribution in [2.24, 2.45) is 4.99 Å². The van der Waals surface area contributed by atoms with Gasteiger partial charge in [-0.2, -0.15) is 5.26 Å². The summed E-state index contributed by atoms with van der Waals surface area (Å²) in [4.78, 5) is 18.5. The van der Waals surface area contributed by atoms with Crippen molar-refractivity contribution in [2.75, 3.05) is 20.7 Å². The van der Waals surface area contributed by atoms with Gasteiger partial charge >= 0.3 is 5.97 Å². The molecule has 1 aromatic heterocycles. The molecule has 118 valence electrons. The van der Waals surface area contributed by atoms with Crippen molar-refractivity contribution in [3.63, 3.8) is 0 Å². The van der Waals surface area contributed by atoms with Gasteiger partial charge < -0.3 is 14.2 Å². The van der Waals surface area contributed by atoms with Crippen LogP contribution in [0.5, 0.6) is 0 Å². The Balaban J connectivity index is 2.63. The zero-order chi connectivity index (χ0) is 16.1. The van der Waals surface area contributed by atoms with Crippen LogP contribution in [0.15, 0.2) is 4.99 Å². The molecule has 0 spiro atoms. The summed E-state index contributed by atoms with van der Waals surface area (Å²) in [7, 11) is 3.70. The highest BCUT2D eigenvalue weighted by atomic mass is 16.5. The number of esters is 1. The molecule has 0 aliphatic carbocycles. The maximum absolute atomic E-state index is 12.4. The van der Waals surface area contributed by atoms with Crippen LogP contribution < -0.4 is 0 Å². The monoisotopic (exact) mass is 302 g/mol. The van der Waals surface area contributed by atoms with E-state index in [0.29, 0.717) is 23.6 Å². The first-order chi connectivity index (χ1) is 10.6. The first-order valence-electron chi connectivity index (χ1n) is 7.63. The van der Waals surface area contributed by atoms with Crippen molar-refractivity contribution >= 4 is 18.0 Å². The van der Waals surface area contributed by atoms with Crippen molar-refractivity contribution in [3.8, 4) is 6.07 Å². The van der Waals surface area contributed by atoms with E-state index in [-0.39, 0.29) is 0 Å². The van der Waals surface area contributed by atoms with Crippen LogP contribution in [0.25, 0.3) is 0 Å². The lowest BCUT2D eigenvalue weighted by Crippen LogP contribution is -2.14. The predicted molar refractivity (Wildman–Crippen MR) is 84.5 cm³/mol. The quantitative estimate of drug-likeness (QED) is 0.487. The van der Waals surface area contributed by atoms with Crippen molar-refractivity contribution in [1.82, 2.24) is 9.47 Å². The second kappa shape index (κ2) is 7.12. The molecule has 0 saturated heterocycles. The van der Waals surface area contributed by atoms with E-state index in [0.717, 1.165) is 37.9 Å². The molecule has 6 nitrogen and oxygen atoms in total. The molecule has 1 aliphatic rings. The molecule has 0 unspecified atom stereocenters. The van der Waals surface area contributed by atoms with E-state index in [1.807, 2.05) is 18.7 Å². The Morgan fingerprint density at radius 2 is 2.23 bits per heavy atom. The van der Waals surface area contributed by atoms with Crippen LogP contribution in [-0.4, -0.2) is 42.5 Å². The van der Waals surface area contributed by atoms with E-state index in [4.69, 9.17) is 4.74 Å². The maximum Gasteiger partial charge on any atom is 0.357 e. The molecule has 2 heterocycles. The van der Waals surface area contributed by atoms with E-state index < -0.39 is 5.97 Å². The minimum atomic E-state index is -0.405. The van der Waals surface area contributed by atoms with Gasteiger partial charge in [0.25, 0.3) is 0 Å². The molecule has 0 N–H and O–H groups in total. The summed E-state index contributed by atoms with van der Waals surface area (Å²) in [6, 6.07) is 2.23. The Labute approximate surface area is 131 Å². The van der Waals surface area contributed by atoms with E-state index in [1.54, 1.807) is 18.2 Å². The Kier molecular flexibility index (Phi) is 5.21. The van der Waals surface area contributed by atoms with E-state index >= 15 is 0 Å². The minimum absolute atomic E-state index is 0.304. The smallest absolute Gasteiger partial charge is 0.357 e. The average molecular weight is 302 g/mol. The highest BCUT2D eigenvalue weighted by Crippen LogP contribution is 2.34. The lowest BCUT2D eigenvalue weighted by Gasteiger charge is -2.10. The maximum atomic E-state index is 12.4. The van der Waals surface area contributed by atoms with Crippen molar-refractivity contribution in [3.05, 3.63) is 17.0 Å². The third-order valence-electron chi connectivity index (χ3n) is 3.64. The molecule has 22 heavy (non-hydrogen) atoms. The average Bonchev–Trinajstić information content (AvgIpc) is 2.61. The van der Waals surface area contributed by atoms with Crippen LogP contribution in [0.1, 0.15) is 47.9 Å². The number of fused-ring (bicyclic) bond motifs is 1. The minimum Gasteiger partial charge on any atom is -0.461 e. The molecular formula is C16H22N4O2. The van der Waals surface area contributed by atoms with E-state index in [2.05, 4.69) is 11.1 Å². The van der Waals surface area contributed by atoms with E-state index in [9.17, 15) is 10.1 Å². The first kappa shape index (κ1) is 16.1. The number of nitrogens with zero attached hydrogens (tertiary/aromatic N) is 4. The summed E-state index contributed by atoms with van der Waals surface area (Å²) >= 11 is 0. The molecule has 1 aromatic rings. The molecule has 0 fully saturated rings. The first-order valence-corrected chi connectivity index (χ1v) is 7.63. The normalized spacial score (nSPS) is 14.3. The second-order valence-corrected chi connectivity index (χ2v) is 5.52. The molecule has 0 saturated carbocycles. The number of hydrogen-bond acceptors (Lipinski definition) is 4. The number of ether oxygens (including phenoxy) is 1. The largest absolute Gasteiger partial charge is 0.461 e. The van der Waals surface area contributed by atoms with Gasteiger partial charge in [-0.3, -0.25) is 0 Å². The van der Waals surface area contributed by atoms with Gasteiger partial charge in [-0.1, -0.05) is 6.42 Å². The molecule has 6 heteroatoms. The van der Waals surface area contributed by atoms with Crippen LogP contribution in [0.4, 0.5) is 5.69 Å². The van der Waals surface area contributed by atoms with Gasteiger partial charge in [0.1, 0.15) is 11.8 Å². The predicted octanol–water partition coefficient (Wildman–Crippen LogP) is 2.48. The molecule has 0 bridgehead atoms. The van der Waals surface area contributed by atoms with Gasteiger partial charge in [-0.25, -0.2) is 9.79 Å². The Morgan fingerprint density at radius 1 is 1.45 bits per heavy atom. The van der Waals surface area contributed by atoms with Crippen molar-refractivity contribution in [1.29, 1.82) is 5.26 Å².